The molecular formula is C9H7Cl3O2. The minimum absolute atomic E-state index is 0.257. The summed E-state index contributed by atoms with van der Waals surface area (Å²) < 4.78 is 9.09. The van der Waals surface area contributed by atoms with E-state index in [0.29, 0.717) is 12.2 Å². The molecule has 14 heavy (non-hydrogen) atoms. The van der Waals surface area contributed by atoms with Gasteiger partial charge in [0.25, 0.3) is 0 Å². The molecular weight excluding hydrogens is 246 g/mol. The molecule has 0 atom stereocenters. The average Bonchev–Trinajstić information content (AvgIpc) is 2.47. The molecule has 5 heteroatoms. The van der Waals surface area contributed by atoms with Crippen LogP contribution in [0.2, 0.25) is 0 Å². The number of fused-ring (bicyclic) bond motifs is 1. The molecule has 0 spiro atoms. The van der Waals surface area contributed by atoms with E-state index in [1.165, 1.54) is 0 Å². The number of hydrogen-bond acceptors (Lipinski definition) is 2. The molecule has 0 aromatic heterocycles. The summed E-state index contributed by atoms with van der Waals surface area (Å²) in [4.78, 5) is 0. The Bertz CT molecular complexity index is 346. The maximum atomic E-state index is 5.68. The molecule has 1 aliphatic heterocycles. The highest BCUT2D eigenvalue weighted by atomic mass is 35.6. The van der Waals surface area contributed by atoms with Crippen molar-refractivity contribution >= 4 is 34.8 Å². The first-order chi connectivity index (χ1) is 6.54. The van der Waals surface area contributed by atoms with Crippen molar-refractivity contribution in [3.63, 3.8) is 0 Å². The standard InChI is InChI=1S/C9H7Cl3O2/c10-9(11,12)4-6-1-2-7-8(3-6)14-5-13-7/h1-3H,4-5H2. The van der Waals surface area contributed by atoms with Crippen molar-refractivity contribution in [3.05, 3.63) is 23.8 Å². The zero-order valence-electron chi connectivity index (χ0n) is 7.10. The van der Waals surface area contributed by atoms with E-state index in [9.17, 15) is 0 Å². The van der Waals surface area contributed by atoms with Gasteiger partial charge >= 0.3 is 0 Å². The highest BCUT2D eigenvalue weighted by Crippen LogP contribution is 2.36. The predicted molar refractivity (Wildman–Crippen MR) is 56.6 cm³/mol. The second-order valence-electron chi connectivity index (χ2n) is 2.98. The molecule has 1 heterocycles. The van der Waals surface area contributed by atoms with E-state index < -0.39 is 3.79 Å². The van der Waals surface area contributed by atoms with Gasteiger partial charge in [0.2, 0.25) is 6.79 Å². The fourth-order valence-corrected chi connectivity index (χ4v) is 1.75. The summed E-state index contributed by atoms with van der Waals surface area (Å²) in [5.74, 6) is 1.44. The van der Waals surface area contributed by atoms with E-state index in [-0.39, 0.29) is 6.79 Å². The lowest BCUT2D eigenvalue weighted by atomic mass is 10.1. The van der Waals surface area contributed by atoms with Crippen LogP contribution in [-0.2, 0) is 6.42 Å². The second kappa shape index (κ2) is 3.69. The number of ether oxygens (including phenoxy) is 2. The summed E-state index contributed by atoms with van der Waals surface area (Å²) >= 11 is 17.0. The van der Waals surface area contributed by atoms with Crippen molar-refractivity contribution < 1.29 is 9.47 Å². The largest absolute Gasteiger partial charge is 0.454 e. The fourth-order valence-electron chi connectivity index (χ4n) is 1.28. The van der Waals surface area contributed by atoms with Gasteiger partial charge in [0.1, 0.15) is 0 Å². The van der Waals surface area contributed by atoms with E-state index >= 15 is 0 Å². The minimum atomic E-state index is -1.27. The SMILES string of the molecule is ClC(Cl)(Cl)Cc1ccc2c(c1)OCO2. The van der Waals surface area contributed by atoms with Gasteiger partial charge in [-0.1, -0.05) is 40.9 Å². The molecule has 0 fully saturated rings. The van der Waals surface area contributed by atoms with Gasteiger partial charge in [0.15, 0.2) is 15.3 Å². The number of hydrogen-bond donors (Lipinski definition) is 0. The Morgan fingerprint density at radius 2 is 1.86 bits per heavy atom. The van der Waals surface area contributed by atoms with Crippen LogP contribution in [0.5, 0.6) is 11.5 Å². The monoisotopic (exact) mass is 252 g/mol. The molecule has 0 bridgehead atoms. The molecule has 1 aromatic carbocycles. The first kappa shape index (κ1) is 10.2. The second-order valence-corrected chi connectivity index (χ2v) is 5.50. The predicted octanol–water partition coefficient (Wildman–Crippen LogP) is 3.33. The van der Waals surface area contributed by atoms with Crippen LogP contribution >= 0.6 is 34.8 Å². The highest BCUT2D eigenvalue weighted by Gasteiger charge is 2.22. The fraction of sp³-hybridized carbons (Fsp3) is 0.333. The molecule has 2 rings (SSSR count). The third kappa shape index (κ3) is 2.38. The van der Waals surface area contributed by atoms with Crippen molar-refractivity contribution in [2.75, 3.05) is 6.79 Å². The van der Waals surface area contributed by atoms with Crippen molar-refractivity contribution in [2.45, 2.75) is 10.2 Å². The number of rotatable bonds is 1. The zero-order chi connectivity index (χ0) is 10.2. The normalized spacial score (nSPS) is 14.5. The maximum absolute atomic E-state index is 5.68. The first-order valence-electron chi connectivity index (χ1n) is 4.00. The summed E-state index contributed by atoms with van der Waals surface area (Å²) in [6, 6.07) is 5.49. The van der Waals surface area contributed by atoms with Crippen LogP contribution in [0.4, 0.5) is 0 Å². The topological polar surface area (TPSA) is 18.5 Å². The van der Waals surface area contributed by atoms with Crippen LogP contribution in [0.15, 0.2) is 18.2 Å². The Balaban J connectivity index is 2.21. The molecule has 1 aromatic rings. The molecule has 0 saturated carbocycles. The van der Waals surface area contributed by atoms with Crippen LogP contribution in [0.25, 0.3) is 0 Å². The number of halogens is 3. The summed E-state index contributed by atoms with van der Waals surface area (Å²) in [5.41, 5.74) is 0.911. The maximum Gasteiger partial charge on any atom is 0.231 e. The number of benzene rings is 1. The molecule has 0 unspecified atom stereocenters. The van der Waals surface area contributed by atoms with Crippen LogP contribution in [0.1, 0.15) is 5.56 Å². The molecule has 1 aliphatic rings. The Morgan fingerprint density at radius 1 is 1.14 bits per heavy atom. The van der Waals surface area contributed by atoms with Crippen LogP contribution in [-0.4, -0.2) is 10.6 Å². The van der Waals surface area contributed by atoms with Crippen molar-refractivity contribution in [1.29, 1.82) is 0 Å². The van der Waals surface area contributed by atoms with Gasteiger partial charge in [-0.25, -0.2) is 0 Å². The summed E-state index contributed by atoms with van der Waals surface area (Å²) in [6.45, 7) is 0.257. The molecule has 2 nitrogen and oxygen atoms in total. The van der Waals surface area contributed by atoms with E-state index in [4.69, 9.17) is 44.3 Å². The number of alkyl halides is 3. The Labute approximate surface area is 96.7 Å². The Kier molecular flexibility index (Phi) is 2.69. The van der Waals surface area contributed by atoms with Gasteiger partial charge < -0.3 is 9.47 Å². The smallest absolute Gasteiger partial charge is 0.231 e. The van der Waals surface area contributed by atoms with Gasteiger partial charge in [-0.05, 0) is 17.7 Å². The molecule has 0 radical (unpaired) electrons. The van der Waals surface area contributed by atoms with Crippen LogP contribution < -0.4 is 9.47 Å². The van der Waals surface area contributed by atoms with Crippen molar-refractivity contribution in [2.24, 2.45) is 0 Å². The summed E-state index contributed by atoms with van der Waals surface area (Å²) in [7, 11) is 0. The lowest BCUT2D eigenvalue weighted by Crippen LogP contribution is -2.06. The molecule has 76 valence electrons. The van der Waals surface area contributed by atoms with E-state index in [2.05, 4.69) is 0 Å². The van der Waals surface area contributed by atoms with Crippen LogP contribution in [0, 0.1) is 0 Å². The van der Waals surface area contributed by atoms with E-state index in [1.807, 2.05) is 18.2 Å². The third-order valence-corrected chi connectivity index (χ3v) is 2.24. The zero-order valence-corrected chi connectivity index (χ0v) is 9.36. The molecule has 0 saturated heterocycles. The van der Waals surface area contributed by atoms with E-state index in [0.717, 1.165) is 11.3 Å². The van der Waals surface area contributed by atoms with Crippen molar-refractivity contribution in [3.8, 4) is 11.5 Å². The molecule has 0 N–H and O–H groups in total. The minimum Gasteiger partial charge on any atom is -0.454 e. The Morgan fingerprint density at radius 3 is 2.57 bits per heavy atom. The molecule has 0 aliphatic carbocycles. The lowest BCUT2D eigenvalue weighted by molar-refractivity contribution is 0.174. The highest BCUT2D eigenvalue weighted by molar-refractivity contribution is 6.67. The van der Waals surface area contributed by atoms with Crippen LogP contribution in [0.3, 0.4) is 0 Å². The van der Waals surface area contributed by atoms with Gasteiger partial charge in [0.05, 0.1) is 0 Å². The van der Waals surface area contributed by atoms with Gasteiger partial charge in [-0.3, -0.25) is 0 Å². The average molecular weight is 254 g/mol. The first-order valence-corrected chi connectivity index (χ1v) is 5.13. The lowest BCUT2D eigenvalue weighted by Gasteiger charge is -2.10. The summed E-state index contributed by atoms with van der Waals surface area (Å²) in [5, 5.41) is 0. The van der Waals surface area contributed by atoms with E-state index in [1.54, 1.807) is 0 Å². The molecule has 0 amide bonds. The quantitative estimate of drug-likeness (QED) is 0.715. The van der Waals surface area contributed by atoms with Gasteiger partial charge in [-0.15, -0.1) is 0 Å². The van der Waals surface area contributed by atoms with Gasteiger partial charge in [-0.2, -0.15) is 0 Å². The van der Waals surface area contributed by atoms with Crippen molar-refractivity contribution in [1.82, 2.24) is 0 Å². The van der Waals surface area contributed by atoms with Gasteiger partial charge in [0, 0.05) is 6.42 Å². The Hall–Kier alpha value is -0.310. The summed E-state index contributed by atoms with van der Waals surface area (Å²) in [6.07, 6.45) is 0.355. The third-order valence-electron chi connectivity index (χ3n) is 1.84.